The molecule has 3 heterocycles. The molecular weight excluding hydrogens is 591 g/mol. The fourth-order valence-corrected chi connectivity index (χ4v) is 6.47. The summed E-state index contributed by atoms with van der Waals surface area (Å²) in [6.45, 7) is 6.39. The number of hydrogen-bond donors (Lipinski definition) is 2. The van der Waals surface area contributed by atoms with Crippen LogP contribution < -0.4 is 9.64 Å². The van der Waals surface area contributed by atoms with Gasteiger partial charge in [-0.15, -0.1) is 0 Å². The fraction of sp³-hybridized carbons (Fsp3) is 0.471. The van der Waals surface area contributed by atoms with E-state index in [0.717, 1.165) is 43.5 Å². The number of carboxylic acid groups (broad SMARTS) is 1. The van der Waals surface area contributed by atoms with Crippen LogP contribution in [0.3, 0.4) is 0 Å². The van der Waals surface area contributed by atoms with Gasteiger partial charge in [-0.25, -0.2) is 9.18 Å². The van der Waals surface area contributed by atoms with Crippen LogP contribution >= 0.6 is 0 Å². The summed E-state index contributed by atoms with van der Waals surface area (Å²) in [6, 6.07) is 12.9. The number of amides is 3. The summed E-state index contributed by atoms with van der Waals surface area (Å²) in [5.41, 5.74) is 1.70. The van der Waals surface area contributed by atoms with Crippen molar-refractivity contribution in [2.75, 3.05) is 44.2 Å². The molecule has 2 N–H and O–H groups in total. The zero-order chi connectivity index (χ0) is 32.4. The van der Waals surface area contributed by atoms with Crippen molar-refractivity contribution >= 4 is 23.6 Å². The summed E-state index contributed by atoms with van der Waals surface area (Å²) in [4.78, 5) is 45.6. The Balaban J connectivity index is 1.09. The zero-order valence-electron chi connectivity index (χ0n) is 26.3. The second-order valence-electron chi connectivity index (χ2n) is 13.0. The number of carbonyl (C=O) groups is 3. The molecule has 3 fully saturated rings. The molecule has 1 atom stereocenters. The van der Waals surface area contributed by atoms with Crippen LogP contribution in [0.25, 0.3) is 11.1 Å². The quantitative estimate of drug-likeness (QED) is 0.354. The number of H-pyrrole nitrogens is 1. The summed E-state index contributed by atoms with van der Waals surface area (Å²) in [6.07, 6.45) is 5.83. The van der Waals surface area contributed by atoms with E-state index >= 15 is 0 Å². The minimum atomic E-state index is -1.15. The van der Waals surface area contributed by atoms with E-state index in [0.29, 0.717) is 43.1 Å². The van der Waals surface area contributed by atoms with Crippen LogP contribution in [-0.4, -0.2) is 98.8 Å². The normalized spacial score (nSPS) is 18.8. The molecule has 11 nitrogen and oxygen atoms in total. The highest BCUT2D eigenvalue weighted by molar-refractivity contribution is 5.85. The van der Waals surface area contributed by atoms with Gasteiger partial charge in [0.15, 0.2) is 5.60 Å². The van der Waals surface area contributed by atoms with Crippen molar-refractivity contribution in [3.8, 4) is 16.9 Å². The number of piperazine rings is 1. The van der Waals surface area contributed by atoms with Crippen LogP contribution in [0.15, 0.2) is 54.9 Å². The Kier molecular flexibility index (Phi) is 8.88. The number of nitrogens with zero attached hydrogens (tertiary/aromatic N) is 5. The van der Waals surface area contributed by atoms with E-state index < -0.39 is 11.7 Å². The Morgan fingerprint density at radius 3 is 2.48 bits per heavy atom. The van der Waals surface area contributed by atoms with Crippen molar-refractivity contribution in [2.24, 2.45) is 5.92 Å². The number of carbonyl (C=O) groups excluding carboxylic acids is 2. The lowest BCUT2D eigenvalue weighted by Crippen LogP contribution is -2.56. The number of hydrogen-bond acceptors (Lipinski definition) is 6. The highest BCUT2D eigenvalue weighted by atomic mass is 19.1. The van der Waals surface area contributed by atoms with Crippen molar-refractivity contribution in [3.05, 3.63) is 66.2 Å². The van der Waals surface area contributed by atoms with Crippen LogP contribution in [0.4, 0.5) is 14.9 Å². The first-order chi connectivity index (χ1) is 22.1. The van der Waals surface area contributed by atoms with Gasteiger partial charge in [0.05, 0.1) is 12.1 Å². The predicted octanol–water partition coefficient (Wildman–Crippen LogP) is 4.60. The Morgan fingerprint density at radius 2 is 1.80 bits per heavy atom. The van der Waals surface area contributed by atoms with Crippen molar-refractivity contribution in [3.63, 3.8) is 0 Å². The largest absolute Gasteiger partial charge is 0.478 e. The number of aromatic amines is 1. The van der Waals surface area contributed by atoms with Gasteiger partial charge in [-0.2, -0.15) is 5.10 Å². The van der Waals surface area contributed by atoms with Crippen molar-refractivity contribution in [2.45, 2.75) is 57.7 Å². The summed E-state index contributed by atoms with van der Waals surface area (Å²) >= 11 is 0. The van der Waals surface area contributed by atoms with Gasteiger partial charge in [0, 0.05) is 80.9 Å². The maximum absolute atomic E-state index is 15.0. The molecule has 0 unspecified atom stereocenters. The Labute approximate surface area is 267 Å². The van der Waals surface area contributed by atoms with Crippen LogP contribution in [0.1, 0.15) is 45.1 Å². The molecule has 3 aliphatic rings. The molecule has 1 saturated carbocycles. The van der Waals surface area contributed by atoms with E-state index in [1.54, 1.807) is 37.2 Å². The molecule has 2 saturated heterocycles. The van der Waals surface area contributed by atoms with Gasteiger partial charge in [0.2, 0.25) is 5.91 Å². The number of anilines is 1. The topological polar surface area (TPSA) is 122 Å². The minimum absolute atomic E-state index is 0.105. The maximum atomic E-state index is 15.0. The molecule has 6 rings (SSSR count). The molecular formula is C34H41FN6O5. The van der Waals surface area contributed by atoms with Crippen molar-refractivity contribution in [1.29, 1.82) is 0 Å². The first-order valence-electron chi connectivity index (χ1n) is 16.0. The smallest absolute Gasteiger partial charge is 0.407 e. The summed E-state index contributed by atoms with van der Waals surface area (Å²) < 4.78 is 21.2. The Bertz CT molecular complexity index is 1570. The Morgan fingerprint density at radius 1 is 1.04 bits per heavy atom. The SMILES string of the molecule is CC(C)(Oc1cccc(N2CCC[C@@H](C(=O)N(Cc3ccc(-c4cn[nH]c4)c(F)c3)C3CC3)C2)c1)C(=O)N1CCN(C(=O)O)CC1. The molecule has 3 amide bonds. The molecule has 3 aromatic rings. The van der Waals surface area contributed by atoms with Gasteiger partial charge in [0.1, 0.15) is 11.6 Å². The van der Waals surface area contributed by atoms with Crippen LogP contribution in [-0.2, 0) is 16.1 Å². The summed E-state index contributed by atoms with van der Waals surface area (Å²) in [5.74, 6) is -0.0551. The second kappa shape index (κ2) is 13.0. The third-order valence-electron chi connectivity index (χ3n) is 9.15. The van der Waals surface area contributed by atoms with E-state index in [1.807, 2.05) is 35.2 Å². The third-order valence-corrected chi connectivity index (χ3v) is 9.15. The minimum Gasteiger partial charge on any atom is -0.478 e. The fourth-order valence-electron chi connectivity index (χ4n) is 6.47. The number of ether oxygens (including phenoxy) is 1. The summed E-state index contributed by atoms with van der Waals surface area (Å²) in [5, 5.41) is 15.8. The molecule has 0 spiro atoms. The van der Waals surface area contributed by atoms with E-state index in [2.05, 4.69) is 15.1 Å². The van der Waals surface area contributed by atoms with Gasteiger partial charge in [-0.05, 0) is 63.3 Å². The molecule has 46 heavy (non-hydrogen) atoms. The summed E-state index contributed by atoms with van der Waals surface area (Å²) in [7, 11) is 0. The van der Waals surface area contributed by atoms with E-state index in [4.69, 9.17) is 4.74 Å². The molecule has 1 aromatic heterocycles. The maximum Gasteiger partial charge on any atom is 0.407 e. The molecule has 1 aliphatic carbocycles. The first kappa shape index (κ1) is 31.4. The lowest BCUT2D eigenvalue weighted by Gasteiger charge is -2.38. The average Bonchev–Trinajstić information content (AvgIpc) is 3.76. The number of piperidine rings is 1. The molecule has 244 valence electrons. The van der Waals surface area contributed by atoms with E-state index in [-0.39, 0.29) is 42.7 Å². The molecule has 0 radical (unpaired) electrons. The average molecular weight is 633 g/mol. The van der Waals surface area contributed by atoms with Gasteiger partial charge < -0.3 is 29.4 Å². The van der Waals surface area contributed by atoms with E-state index in [1.165, 1.54) is 11.0 Å². The third kappa shape index (κ3) is 6.95. The number of aromatic nitrogens is 2. The number of rotatable bonds is 9. The molecule has 2 aliphatic heterocycles. The van der Waals surface area contributed by atoms with Crippen molar-refractivity contribution < 1.29 is 28.6 Å². The number of halogens is 1. The lowest BCUT2D eigenvalue weighted by atomic mass is 9.95. The second-order valence-corrected chi connectivity index (χ2v) is 13.0. The van der Waals surface area contributed by atoms with Gasteiger partial charge in [-0.3, -0.25) is 14.7 Å². The van der Waals surface area contributed by atoms with Crippen LogP contribution in [0.5, 0.6) is 5.75 Å². The van der Waals surface area contributed by atoms with Gasteiger partial charge in [0.25, 0.3) is 5.91 Å². The molecule has 2 aromatic carbocycles. The standard InChI is InChI=1S/C34H41FN6O5/c1-34(2,32(43)38-13-15-39(16-14-38)33(44)45)46-28-7-3-6-27(18-28)40-12-4-5-24(22-40)31(42)41(26-9-10-26)21-23-8-11-29(30(35)17-23)25-19-36-37-20-25/h3,6-8,11,17-20,24,26H,4-5,9-10,12-16,21-22H2,1-2H3,(H,36,37)(H,44,45)/t24-/m1/s1. The highest BCUT2D eigenvalue weighted by Gasteiger charge is 2.38. The molecule has 12 heteroatoms. The van der Waals surface area contributed by atoms with Gasteiger partial charge >= 0.3 is 6.09 Å². The van der Waals surface area contributed by atoms with Crippen LogP contribution in [0.2, 0.25) is 0 Å². The van der Waals surface area contributed by atoms with Crippen molar-refractivity contribution in [1.82, 2.24) is 24.9 Å². The van der Waals surface area contributed by atoms with Crippen LogP contribution in [0, 0.1) is 11.7 Å². The highest BCUT2D eigenvalue weighted by Crippen LogP contribution is 2.34. The van der Waals surface area contributed by atoms with E-state index in [9.17, 15) is 23.9 Å². The Hall–Kier alpha value is -4.61. The monoisotopic (exact) mass is 632 g/mol. The first-order valence-corrected chi connectivity index (χ1v) is 16.0. The number of benzene rings is 2. The predicted molar refractivity (Wildman–Crippen MR) is 170 cm³/mol. The van der Waals surface area contributed by atoms with Gasteiger partial charge in [-0.1, -0.05) is 18.2 Å². The number of nitrogens with one attached hydrogen (secondary N) is 1. The molecule has 0 bridgehead atoms. The lowest BCUT2D eigenvalue weighted by molar-refractivity contribution is -0.147. The zero-order valence-corrected chi connectivity index (χ0v) is 26.3.